The summed E-state index contributed by atoms with van der Waals surface area (Å²) in [6, 6.07) is 10.9. The predicted molar refractivity (Wildman–Crippen MR) is 115 cm³/mol. The fourth-order valence-corrected chi connectivity index (χ4v) is 5.31. The highest BCUT2D eigenvalue weighted by molar-refractivity contribution is 7.10. The molecule has 0 saturated heterocycles. The summed E-state index contributed by atoms with van der Waals surface area (Å²) in [5.41, 5.74) is 0. The number of carbonyl (C=O) groups excluding carboxylic acids is 2. The first-order chi connectivity index (χ1) is 14.2. The molecular formula is C22H24N2O3S2. The van der Waals surface area contributed by atoms with Crippen molar-refractivity contribution in [2.24, 2.45) is 0 Å². The van der Waals surface area contributed by atoms with Gasteiger partial charge in [-0.1, -0.05) is 25.0 Å². The van der Waals surface area contributed by atoms with E-state index in [2.05, 4.69) is 5.32 Å². The SMILES string of the molecule is O=C(NC1CCCC1)[C@@H](c1cccs1)N(Cc1ccco1)C(=O)Cc1cccs1. The Hall–Kier alpha value is -2.38. The van der Waals surface area contributed by atoms with E-state index >= 15 is 0 Å². The van der Waals surface area contributed by atoms with Crippen LogP contribution in [0.25, 0.3) is 0 Å². The second-order valence-corrected chi connectivity index (χ2v) is 9.28. The number of furan rings is 1. The van der Waals surface area contributed by atoms with Gasteiger partial charge in [0.25, 0.3) is 0 Å². The molecule has 0 bridgehead atoms. The summed E-state index contributed by atoms with van der Waals surface area (Å²) in [7, 11) is 0. The number of amides is 2. The Morgan fingerprint density at radius 3 is 2.55 bits per heavy atom. The lowest BCUT2D eigenvalue weighted by molar-refractivity contribution is -0.141. The van der Waals surface area contributed by atoms with Gasteiger partial charge in [0.15, 0.2) is 0 Å². The molecule has 4 rings (SSSR count). The van der Waals surface area contributed by atoms with Crippen molar-refractivity contribution in [3.63, 3.8) is 0 Å². The molecule has 2 amide bonds. The molecule has 0 spiro atoms. The third-order valence-corrected chi connectivity index (χ3v) is 7.01. The van der Waals surface area contributed by atoms with Crippen molar-refractivity contribution in [1.29, 1.82) is 0 Å². The summed E-state index contributed by atoms with van der Waals surface area (Å²) in [4.78, 5) is 30.2. The molecule has 0 radical (unpaired) electrons. The zero-order valence-corrected chi connectivity index (χ0v) is 17.7. The minimum Gasteiger partial charge on any atom is -0.467 e. The Morgan fingerprint density at radius 1 is 1.10 bits per heavy atom. The molecule has 1 N–H and O–H groups in total. The van der Waals surface area contributed by atoms with Crippen molar-refractivity contribution >= 4 is 34.5 Å². The molecule has 1 saturated carbocycles. The van der Waals surface area contributed by atoms with E-state index in [0.717, 1.165) is 35.4 Å². The lowest BCUT2D eigenvalue weighted by atomic mass is 10.1. The number of hydrogen-bond acceptors (Lipinski definition) is 5. The topological polar surface area (TPSA) is 62.6 Å². The maximum atomic E-state index is 13.3. The van der Waals surface area contributed by atoms with Gasteiger partial charge in [-0.3, -0.25) is 9.59 Å². The Balaban J connectivity index is 1.62. The fourth-order valence-electron chi connectivity index (χ4n) is 3.78. The first-order valence-electron chi connectivity index (χ1n) is 9.88. The van der Waals surface area contributed by atoms with Gasteiger partial charge in [-0.15, -0.1) is 22.7 Å². The van der Waals surface area contributed by atoms with Gasteiger partial charge >= 0.3 is 0 Å². The van der Waals surface area contributed by atoms with Crippen LogP contribution in [-0.4, -0.2) is 22.8 Å². The van der Waals surface area contributed by atoms with Crippen LogP contribution in [0.5, 0.6) is 0 Å². The molecule has 1 fully saturated rings. The zero-order chi connectivity index (χ0) is 20.1. The zero-order valence-electron chi connectivity index (χ0n) is 16.1. The normalized spacial score (nSPS) is 15.3. The van der Waals surface area contributed by atoms with Gasteiger partial charge in [0.2, 0.25) is 11.8 Å². The summed E-state index contributed by atoms with van der Waals surface area (Å²) in [6.07, 6.45) is 6.16. The first-order valence-corrected chi connectivity index (χ1v) is 11.6. The molecule has 1 aliphatic rings. The van der Waals surface area contributed by atoms with E-state index in [4.69, 9.17) is 4.42 Å². The maximum absolute atomic E-state index is 13.3. The van der Waals surface area contributed by atoms with Crippen molar-refractivity contribution in [1.82, 2.24) is 10.2 Å². The Labute approximate surface area is 178 Å². The van der Waals surface area contributed by atoms with Crippen molar-refractivity contribution in [2.75, 3.05) is 0 Å². The molecule has 0 unspecified atom stereocenters. The van der Waals surface area contributed by atoms with Crippen LogP contribution in [0.1, 0.15) is 47.2 Å². The lowest BCUT2D eigenvalue weighted by Crippen LogP contribution is -2.46. The number of nitrogens with zero attached hydrogens (tertiary/aromatic N) is 1. The summed E-state index contributed by atoms with van der Waals surface area (Å²) in [6.45, 7) is 0.262. The summed E-state index contributed by atoms with van der Waals surface area (Å²) in [5, 5.41) is 7.09. The molecule has 3 aromatic heterocycles. The highest BCUT2D eigenvalue weighted by atomic mass is 32.1. The quantitative estimate of drug-likeness (QED) is 0.562. The number of carbonyl (C=O) groups is 2. The van der Waals surface area contributed by atoms with E-state index in [-0.39, 0.29) is 30.8 Å². The van der Waals surface area contributed by atoms with Crippen LogP contribution in [0.4, 0.5) is 0 Å². The van der Waals surface area contributed by atoms with Crippen molar-refractivity contribution in [3.05, 3.63) is 68.9 Å². The molecule has 5 nitrogen and oxygen atoms in total. The molecule has 0 aromatic carbocycles. The predicted octanol–water partition coefficient (Wildman–Crippen LogP) is 4.77. The molecule has 29 heavy (non-hydrogen) atoms. The van der Waals surface area contributed by atoms with Crippen molar-refractivity contribution < 1.29 is 14.0 Å². The van der Waals surface area contributed by atoms with Crippen LogP contribution in [-0.2, 0) is 22.6 Å². The maximum Gasteiger partial charge on any atom is 0.248 e. The summed E-state index contributed by atoms with van der Waals surface area (Å²) in [5.74, 6) is 0.481. The van der Waals surface area contributed by atoms with Gasteiger partial charge < -0.3 is 14.6 Å². The third kappa shape index (κ3) is 4.97. The Morgan fingerprint density at radius 2 is 1.90 bits per heavy atom. The fraction of sp³-hybridized carbons (Fsp3) is 0.364. The van der Waals surface area contributed by atoms with Crippen LogP contribution >= 0.6 is 22.7 Å². The first kappa shape index (κ1) is 19.9. The van der Waals surface area contributed by atoms with E-state index in [1.165, 1.54) is 11.3 Å². The van der Waals surface area contributed by atoms with E-state index in [1.54, 1.807) is 28.6 Å². The molecule has 0 aliphatic heterocycles. The average molecular weight is 429 g/mol. The molecule has 7 heteroatoms. The second-order valence-electron chi connectivity index (χ2n) is 7.27. The number of nitrogens with one attached hydrogen (secondary N) is 1. The van der Waals surface area contributed by atoms with Gasteiger partial charge in [-0.05, 0) is 47.9 Å². The molecule has 1 aliphatic carbocycles. The van der Waals surface area contributed by atoms with E-state index in [1.807, 2.05) is 41.1 Å². The minimum absolute atomic E-state index is 0.0798. The lowest BCUT2D eigenvalue weighted by Gasteiger charge is -2.30. The molecule has 152 valence electrons. The Kier molecular flexibility index (Phi) is 6.46. The second kappa shape index (κ2) is 9.41. The van der Waals surface area contributed by atoms with E-state index in [0.29, 0.717) is 5.76 Å². The minimum atomic E-state index is -0.659. The monoisotopic (exact) mass is 428 g/mol. The molecule has 3 heterocycles. The average Bonchev–Trinajstić information content (AvgIpc) is 3.49. The van der Waals surface area contributed by atoms with Gasteiger partial charge in [0.1, 0.15) is 11.8 Å². The van der Waals surface area contributed by atoms with Crippen molar-refractivity contribution in [3.8, 4) is 0 Å². The molecule has 1 atom stereocenters. The third-order valence-electron chi connectivity index (χ3n) is 5.21. The number of rotatable bonds is 8. The molecular weight excluding hydrogens is 404 g/mol. The molecule has 3 aromatic rings. The van der Waals surface area contributed by atoms with Crippen LogP contribution < -0.4 is 5.32 Å². The number of thiophene rings is 2. The highest BCUT2D eigenvalue weighted by Gasteiger charge is 2.34. The Bertz CT molecular complexity index is 898. The summed E-state index contributed by atoms with van der Waals surface area (Å²) >= 11 is 3.05. The van der Waals surface area contributed by atoms with Crippen LogP contribution in [0.3, 0.4) is 0 Å². The smallest absolute Gasteiger partial charge is 0.248 e. The van der Waals surface area contributed by atoms with E-state index in [9.17, 15) is 9.59 Å². The van der Waals surface area contributed by atoms with Crippen LogP contribution in [0.2, 0.25) is 0 Å². The number of hydrogen-bond donors (Lipinski definition) is 1. The highest BCUT2D eigenvalue weighted by Crippen LogP contribution is 2.29. The van der Waals surface area contributed by atoms with Crippen LogP contribution in [0.15, 0.2) is 57.8 Å². The van der Waals surface area contributed by atoms with Crippen molar-refractivity contribution in [2.45, 2.75) is 50.7 Å². The van der Waals surface area contributed by atoms with Gasteiger partial charge in [-0.25, -0.2) is 0 Å². The summed E-state index contributed by atoms with van der Waals surface area (Å²) < 4.78 is 5.51. The largest absolute Gasteiger partial charge is 0.467 e. The van der Waals surface area contributed by atoms with Gasteiger partial charge in [0.05, 0.1) is 19.2 Å². The van der Waals surface area contributed by atoms with Gasteiger partial charge in [-0.2, -0.15) is 0 Å². The van der Waals surface area contributed by atoms with Gasteiger partial charge in [0, 0.05) is 15.8 Å². The van der Waals surface area contributed by atoms with E-state index < -0.39 is 6.04 Å². The van der Waals surface area contributed by atoms with Crippen LogP contribution in [0, 0.1) is 0 Å². The standard InChI is InChI=1S/C22H24N2O3S2/c25-20(14-18-9-4-12-28-18)24(15-17-8-3-11-27-17)21(19-10-5-13-29-19)22(26)23-16-6-1-2-7-16/h3-5,8-13,16,21H,1-2,6-7,14-15H2,(H,23,26)/t21-/m1/s1.